The van der Waals surface area contributed by atoms with Gasteiger partial charge in [-0.25, -0.2) is 9.18 Å². The summed E-state index contributed by atoms with van der Waals surface area (Å²) in [6, 6.07) is 11.8. The average Bonchev–Trinajstić information content (AvgIpc) is 3.47. The number of halogens is 4. The summed E-state index contributed by atoms with van der Waals surface area (Å²) in [7, 11) is 1.43. The topological polar surface area (TPSA) is 109 Å². The second-order valence-electron chi connectivity index (χ2n) is 11.3. The first-order valence-electron chi connectivity index (χ1n) is 14.7. The fourth-order valence-corrected chi connectivity index (χ4v) is 5.85. The highest BCUT2D eigenvalue weighted by Crippen LogP contribution is 2.35. The monoisotopic (exact) mass is 638 g/mol. The zero-order chi connectivity index (χ0) is 32.6. The van der Waals surface area contributed by atoms with Crippen LogP contribution in [-0.2, 0) is 17.5 Å². The molecule has 2 saturated heterocycles. The van der Waals surface area contributed by atoms with Gasteiger partial charge in [0.1, 0.15) is 22.8 Å². The van der Waals surface area contributed by atoms with E-state index in [-0.39, 0.29) is 41.9 Å². The smallest absolute Gasteiger partial charge is 0.416 e. The molecule has 4 aromatic rings. The number of carbonyl (C=O) groups is 3. The molecule has 2 N–H and O–H groups in total. The number of nitrogens with zero attached hydrogens (tertiary/aromatic N) is 4. The first-order valence-corrected chi connectivity index (χ1v) is 14.7. The predicted octanol–water partition coefficient (Wildman–Crippen LogP) is 5.74. The molecule has 0 atom stereocenters. The lowest BCUT2D eigenvalue weighted by molar-refractivity contribution is -0.137. The standard InChI is InChI=1S/C32H30F4N6O4/c1-46-26-8-6-21-18-42(39-28(21)29(26)38-30(44)20-3-2-4-22(16-20)32(34,35)36)23-9-12-40(13-10-23)17-19-5-7-25(24(33)15-19)41-14-11-27(43)37-31(41)45/h2-8,15-16,18,23H,9-14,17H2,1H3,(H,38,44)(H,37,43,45). The predicted molar refractivity (Wildman–Crippen MR) is 161 cm³/mol. The van der Waals surface area contributed by atoms with Gasteiger partial charge in [0, 0.05) is 49.7 Å². The van der Waals surface area contributed by atoms with Gasteiger partial charge >= 0.3 is 12.2 Å². The second kappa shape index (κ2) is 12.4. The minimum absolute atomic E-state index is 0.0427. The summed E-state index contributed by atoms with van der Waals surface area (Å²) in [5.41, 5.74) is 0.519. The van der Waals surface area contributed by atoms with Crippen LogP contribution < -0.4 is 20.3 Å². The molecule has 46 heavy (non-hydrogen) atoms. The molecule has 3 heterocycles. The zero-order valence-corrected chi connectivity index (χ0v) is 24.7. The summed E-state index contributed by atoms with van der Waals surface area (Å²) >= 11 is 0. The number of alkyl halides is 3. The summed E-state index contributed by atoms with van der Waals surface area (Å²) in [5.74, 6) is -1.32. The highest BCUT2D eigenvalue weighted by Gasteiger charge is 2.31. The molecule has 14 heteroatoms. The minimum Gasteiger partial charge on any atom is -0.494 e. The Morgan fingerprint density at radius 1 is 1.07 bits per heavy atom. The van der Waals surface area contributed by atoms with E-state index in [9.17, 15) is 31.9 Å². The van der Waals surface area contributed by atoms with Crippen LogP contribution in [0.15, 0.2) is 60.8 Å². The molecule has 2 aliphatic heterocycles. The maximum absolute atomic E-state index is 15.0. The van der Waals surface area contributed by atoms with Crippen LogP contribution in [0.25, 0.3) is 10.9 Å². The minimum atomic E-state index is -4.58. The van der Waals surface area contributed by atoms with E-state index in [1.807, 2.05) is 10.9 Å². The quantitative estimate of drug-likeness (QED) is 0.250. The Kier molecular flexibility index (Phi) is 8.38. The van der Waals surface area contributed by atoms with Gasteiger partial charge in [-0.2, -0.15) is 18.3 Å². The van der Waals surface area contributed by atoms with Gasteiger partial charge in [-0.15, -0.1) is 0 Å². The van der Waals surface area contributed by atoms with Crippen molar-refractivity contribution in [1.82, 2.24) is 20.0 Å². The Balaban J connectivity index is 1.13. The van der Waals surface area contributed by atoms with Crippen LogP contribution in [0.2, 0.25) is 0 Å². The molecule has 1 aromatic heterocycles. The fraction of sp³-hybridized carbons (Fsp3) is 0.312. The SMILES string of the molecule is COc1ccc2cn(C3CCN(Cc4ccc(N5CCC(=O)NC5=O)c(F)c4)CC3)nc2c1NC(=O)c1cccc(C(F)(F)F)c1. The molecule has 2 fully saturated rings. The largest absolute Gasteiger partial charge is 0.494 e. The Bertz CT molecular complexity index is 1820. The van der Waals surface area contributed by atoms with Gasteiger partial charge in [-0.3, -0.25) is 29.4 Å². The fourth-order valence-electron chi connectivity index (χ4n) is 5.85. The number of fused-ring (bicyclic) bond motifs is 1. The van der Waals surface area contributed by atoms with Gasteiger partial charge in [-0.1, -0.05) is 12.1 Å². The molecular weight excluding hydrogens is 608 g/mol. The summed E-state index contributed by atoms with van der Waals surface area (Å²) < 4.78 is 61.9. The van der Waals surface area contributed by atoms with Crippen molar-refractivity contribution in [1.29, 1.82) is 0 Å². The number of urea groups is 1. The number of nitrogens with one attached hydrogen (secondary N) is 2. The van der Waals surface area contributed by atoms with E-state index in [1.54, 1.807) is 24.3 Å². The number of ether oxygens (including phenoxy) is 1. The average molecular weight is 639 g/mol. The summed E-state index contributed by atoms with van der Waals surface area (Å²) in [6.45, 7) is 2.05. The van der Waals surface area contributed by atoms with Crippen molar-refractivity contribution in [2.24, 2.45) is 0 Å². The molecular formula is C32H30F4N6O4. The Labute approximate surface area is 260 Å². The molecule has 0 aliphatic carbocycles. The van der Waals surface area contributed by atoms with Crippen LogP contribution in [-0.4, -0.2) is 59.3 Å². The van der Waals surface area contributed by atoms with Crippen LogP contribution in [0.3, 0.4) is 0 Å². The molecule has 6 rings (SSSR count). The van der Waals surface area contributed by atoms with Crippen molar-refractivity contribution in [2.45, 2.75) is 38.0 Å². The van der Waals surface area contributed by atoms with E-state index in [4.69, 9.17) is 9.84 Å². The third-order valence-corrected chi connectivity index (χ3v) is 8.26. The number of aromatic nitrogens is 2. The first-order chi connectivity index (χ1) is 22.0. The number of hydrogen-bond donors (Lipinski definition) is 2. The van der Waals surface area contributed by atoms with E-state index in [2.05, 4.69) is 15.5 Å². The van der Waals surface area contributed by atoms with Crippen molar-refractivity contribution in [3.63, 3.8) is 0 Å². The van der Waals surface area contributed by atoms with Crippen LogP contribution in [0.1, 0.15) is 46.8 Å². The van der Waals surface area contributed by atoms with Crippen LogP contribution in [0, 0.1) is 5.82 Å². The number of amides is 4. The zero-order valence-electron chi connectivity index (χ0n) is 24.7. The number of piperidine rings is 1. The van der Waals surface area contributed by atoms with Gasteiger partial charge in [0.15, 0.2) is 0 Å². The van der Waals surface area contributed by atoms with Crippen LogP contribution >= 0.6 is 0 Å². The Morgan fingerprint density at radius 2 is 1.85 bits per heavy atom. The lowest BCUT2D eigenvalue weighted by Crippen LogP contribution is -2.49. The van der Waals surface area contributed by atoms with E-state index in [0.717, 1.165) is 35.9 Å². The van der Waals surface area contributed by atoms with E-state index < -0.39 is 29.5 Å². The maximum atomic E-state index is 15.0. The van der Waals surface area contributed by atoms with Crippen molar-refractivity contribution in [3.8, 4) is 5.75 Å². The summed E-state index contributed by atoms with van der Waals surface area (Å²) in [4.78, 5) is 40.0. The number of hydrogen-bond acceptors (Lipinski definition) is 6. The molecule has 2 aliphatic rings. The third-order valence-electron chi connectivity index (χ3n) is 8.26. The third kappa shape index (κ3) is 6.38. The molecule has 0 unspecified atom stereocenters. The normalized spacial score (nSPS) is 16.5. The van der Waals surface area contributed by atoms with Gasteiger partial charge in [0.2, 0.25) is 5.91 Å². The summed E-state index contributed by atoms with van der Waals surface area (Å²) in [5, 5.41) is 10.4. The lowest BCUT2D eigenvalue weighted by atomic mass is 10.0. The number of imide groups is 1. The van der Waals surface area contributed by atoms with E-state index >= 15 is 0 Å². The van der Waals surface area contributed by atoms with E-state index in [1.165, 1.54) is 30.2 Å². The van der Waals surface area contributed by atoms with E-state index in [0.29, 0.717) is 30.9 Å². The first kappa shape index (κ1) is 31.0. The number of methoxy groups -OCH3 is 1. The molecule has 0 spiro atoms. The molecule has 3 aromatic carbocycles. The molecule has 0 radical (unpaired) electrons. The number of anilines is 2. The van der Waals surface area contributed by atoms with Crippen molar-refractivity contribution in [3.05, 3.63) is 83.3 Å². The van der Waals surface area contributed by atoms with Gasteiger partial charge in [0.25, 0.3) is 5.91 Å². The second-order valence-corrected chi connectivity index (χ2v) is 11.3. The van der Waals surface area contributed by atoms with Gasteiger partial charge in [-0.05, 0) is 60.9 Å². The van der Waals surface area contributed by atoms with Crippen molar-refractivity contribution in [2.75, 3.05) is 37.0 Å². The van der Waals surface area contributed by atoms with Crippen molar-refractivity contribution < 1.29 is 36.7 Å². The highest BCUT2D eigenvalue weighted by molar-refractivity contribution is 6.10. The maximum Gasteiger partial charge on any atom is 0.416 e. The number of carbonyl (C=O) groups excluding carboxylic acids is 3. The molecule has 240 valence electrons. The van der Waals surface area contributed by atoms with Crippen molar-refractivity contribution >= 4 is 40.1 Å². The molecule has 4 amide bonds. The Hall–Kier alpha value is -4.98. The number of benzene rings is 3. The molecule has 0 bridgehead atoms. The molecule has 10 nitrogen and oxygen atoms in total. The summed E-state index contributed by atoms with van der Waals surface area (Å²) in [6.07, 6.45) is -1.11. The lowest BCUT2D eigenvalue weighted by Gasteiger charge is -2.32. The number of likely N-dealkylation sites (tertiary alicyclic amines) is 1. The van der Waals surface area contributed by atoms with Gasteiger partial charge < -0.3 is 10.1 Å². The van der Waals surface area contributed by atoms with Gasteiger partial charge in [0.05, 0.1) is 24.4 Å². The van der Waals surface area contributed by atoms with Crippen LogP contribution in [0.5, 0.6) is 5.75 Å². The molecule has 0 saturated carbocycles. The van der Waals surface area contributed by atoms with Crippen LogP contribution in [0.4, 0.5) is 33.7 Å². The number of rotatable bonds is 7. The Morgan fingerprint density at radius 3 is 2.54 bits per heavy atom. The highest BCUT2D eigenvalue weighted by atomic mass is 19.4.